The van der Waals surface area contributed by atoms with Gasteiger partial charge in [0, 0.05) is 12.1 Å². The third-order valence-electron chi connectivity index (χ3n) is 4.77. The zero-order chi connectivity index (χ0) is 19.0. The molecule has 0 unspecified atom stereocenters. The number of carbonyl (C=O) groups is 1. The second kappa shape index (κ2) is 6.71. The van der Waals surface area contributed by atoms with Crippen LogP contribution < -0.4 is 11.1 Å². The maximum atomic E-state index is 12.5. The lowest BCUT2D eigenvalue weighted by Gasteiger charge is -2.14. The van der Waals surface area contributed by atoms with Gasteiger partial charge in [0.05, 0.1) is 28.7 Å². The number of aromatic nitrogens is 3. The molecule has 0 aliphatic heterocycles. The number of hydrogen-bond acceptors (Lipinski definition) is 6. The van der Waals surface area contributed by atoms with Crippen LogP contribution in [0.1, 0.15) is 31.7 Å². The van der Waals surface area contributed by atoms with Crippen molar-refractivity contribution in [3.8, 4) is 0 Å². The summed E-state index contributed by atoms with van der Waals surface area (Å²) in [6.07, 6.45) is 5.96. The fraction of sp³-hybridized carbons (Fsp3) is 0.353. The van der Waals surface area contributed by atoms with E-state index in [0.29, 0.717) is 11.3 Å². The Labute approximate surface area is 152 Å². The van der Waals surface area contributed by atoms with Gasteiger partial charge < -0.3 is 9.73 Å². The molecule has 3 aromatic rings. The number of nitrogens with zero attached hydrogens (tertiary/aromatic N) is 4. The highest BCUT2D eigenvalue weighted by Crippen LogP contribution is 2.31. The van der Waals surface area contributed by atoms with Gasteiger partial charge >= 0.3 is 5.76 Å². The summed E-state index contributed by atoms with van der Waals surface area (Å²) in [6, 6.07) is 5.82. The zero-order valence-electron chi connectivity index (χ0n) is 14.3. The smallest absolute Gasteiger partial charge is 0.407 e. The summed E-state index contributed by atoms with van der Waals surface area (Å²) in [5.41, 5.74) is 0.205. The molecule has 1 fully saturated rings. The van der Waals surface area contributed by atoms with Crippen molar-refractivity contribution < 1.29 is 14.1 Å². The molecule has 10 nitrogen and oxygen atoms in total. The topological polar surface area (TPSA) is 125 Å². The standard InChI is InChI=1S/C17H17N5O5/c23-16(19-15-7-8-18-21(15)11-3-1-2-4-11)10-20-13-6-5-12(22(25)26)9-14(13)27-17(20)24/h5-9,11H,1-4,10H2,(H,19,23). The molecular formula is C17H17N5O5. The van der Waals surface area contributed by atoms with E-state index >= 15 is 0 Å². The predicted molar refractivity (Wildman–Crippen MR) is 95.5 cm³/mol. The van der Waals surface area contributed by atoms with E-state index in [1.807, 2.05) is 4.68 Å². The highest BCUT2D eigenvalue weighted by atomic mass is 16.6. The van der Waals surface area contributed by atoms with E-state index in [1.165, 1.54) is 18.2 Å². The van der Waals surface area contributed by atoms with Gasteiger partial charge in [-0.05, 0) is 18.9 Å². The van der Waals surface area contributed by atoms with Crippen LogP contribution in [-0.2, 0) is 11.3 Å². The minimum absolute atomic E-state index is 0.0676. The summed E-state index contributed by atoms with van der Waals surface area (Å²) in [5.74, 6) is -0.564. The number of rotatable bonds is 5. The van der Waals surface area contributed by atoms with Gasteiger partial charge in [0.15, 0.2) is 5.58 Å². The fourth-order valence-electron chi connectivity index (χ4n) is 3.50. The van der Waals surface area contributed by atoms with Gasteiger partial charge in [-0.1, -0.05) is 12.8 Å². The third kappa shape index (κ3) is 3.21. The Balaban J connectivity index is 1.55. The van der Waals surface area contributed by atoms with Crippen LogP contribution in [0.5, 0.6) is 0 Å². The number of anilines is 1. The van der Waals surface area contributed by atoms with E-state index in [-0.39, 0.29) is 23.9 Å². The number of nitro groups is 1. The maximum absolute atomic E-state index is 12.5. The molecule has 4 rings (SSSR count). The van der Waals surface area contributed by atoms with Crippen LogP contribution >= 0.6 is 0 Å². The van der Waals surface area contributed by atoms with E-state index in [2.05, 4.69) is 10.4 Å². The lowest BCUT2D eigenvalue weighted by Crippen LogP contribution is -2.26. The summed E-state index contributed by atoms with van der Waals surface area (Å²) in [6.45, 7) is -0.264. The van der Waals surface area contributed by atoms with Crippen molar-refractivity contribution >= 4 is 28.5 Å². The molecule has 0 bridgehead atoms. The molecule has 1 N–H and O–H groups in total. The third-order valence-corrected chi connectivity index (χ3v) is 4.77. The molecule has 27 heavy (non-hydrogen) atoms. The maximum Gasteiger partial charge on any atom is 0.420 e. The van der Waals surface area contributed by atoms with Gasteiger partial charge in [-0.15, -0.1) is 0 Å². The molecule has 140 valence electrons. The van der Waals surface area contributed by atoms with Gasteiger partial charge in [0.1, 0.15) is 12.4 Å². The van der Waals surface area contributed by atoms with E-state index in [0.717, 1.165) is 30.3 Å². The Kier molecular flexibility index (Phi) is 4.22. The Bertz CT molecular complexity index is 1070. The van der Waals surface area contributed by atoms with Crippen molar-refractivity contribution in [2.75, 3.05) is 5.32 Å². The molecule has 0 atom stereocenters. The molecule has 1 saturated carbocycles. The average molecular weight is 371 g/mol. The summed E-state index contributed by atoms with van der Waals surface area (Å²) in [7, 11) is 0. The van der Waals surface area contributed by atoms with Gasteiger partial charge in [0.25, 0.3) is 5.69 Å². The summed E-state index contributed by atoms with van der Waals surface area (Å²) in [5, 5.41) is 17.9. The van der Waals surface area contributed by atoms with Gasteiger partial charge in [0.2, 0.25) is 5.91 Å². The first-order chi connectivity index (χ1) is 13.0. The summed E-state index contributed by atoms with van der Waals surface area (Å²) >= 11 is 0. The average Bonchev–Trinajstić information content (AvgIpc) is 3.35. The van der Waals surface area contributed by atoms with E-state index in [4.69, 9.17) is 4.42 Å². The van der Waals surface area contributed by atoms with E-state index in [9.17, 15) is 19.7 Å². The Morgan fingerprint density at radius 3 is 2.85 bits per heavy atom. The van der Waals surface area contributed by atoms with Crippen LogP contribution in [-0.4, -0.2) is 25.2 Å². The summed E-state index contributed by atoms with van der Waals surface area (Å²) in [4.78, 5) is 34.8. The van der Waals surface area contributed by atoms with Crippen LogP contribution in [0.4, 0.5) is 11.5 Å². The van der Waals surface area contributed by atoms with Crippen molar-refractivity contribution in [3.63, 3.8) is 0 Å². The highest BCUT2D eigenvalue weighted by Gasteiger charge is 2.21. The van der Waals surface area contributed by atoms with E-state index < -0.39 is 16.6 Å². The second-order valence-electron chi connectivity index (χ2n) is 6.51. The molecule has 1 aliphatic carbocycles. The fourth-order valence-corrected chi connectivity index (χ4v) is 3.50. The molecule has 0 saturated heterocycles. The number of oxazole rings is 1. The van der Waals surface area contributed by atoms with Crippen LogP contribution in [0.2, 0.25) is 0 Å². The minimum atomic E-state index is -0.745. The van der Waals surface area contributed by atoms with Crippen LogP contribution in [0.15, 0.2) is 39.7 Å². The van der Waals surface area contributed by atoms with Crippen LogP contribution in [0, 0.1) is 10.1 Å². The SMILES string of the molecule is O=C(Cn1c(=O)oc2cc([N+](=O)[O-])ccc21)Nc1ccnn1C1CCCC1. The molecule has 1 amide bonds. The molecule has 0 radical (unpaired) electrons. The monoisotopic (exact) mass is 371 g/mol. The number of amides is 1. The van der Waals surface area contributed by atoms with Gasteiger partial charge in [-0.25, -0.2) is 9.48 Å². The lowest BCUT2D eigenvalue weighted by molar-refractivity contribution is -0.384. The Morgan fingerprint density at radius 2 is 2.11 bits per heavy atom. The summed E-state index contributed by atoms with van der Waals surface area (Å²) < 4.78 is 7.99. The lowest BCUT2D eigenvalue weighted by atomic mass is 10.2. The number of non-ortho nitro benzene ring substituents is 1. The molecule has 10 heteroatoms. The molecule has 2 aromatic heterocycles. The minimum Gasteiger partial charge on any atom is -0.407 e. The number of benzene rings is 1. The zero-order valence-corrected chi connectivity index (χ0v) is 14.3. The predicted octanol–water partition coefficient (Wildman–Crippen LogP) is 2.45. The number of hydrogen-bond donors (Lipinski definition) is 1. The van der Waals surface area contributed by atoms with Crippen molar-refractivity contribution in [2.24, 2.45) is 0 Å². The van der Waals surface area contributed by atoms with Crippen LogP contribution in [0.3, 0.4) is 0 Å². The largest absolute Gasteiger partial charge is 0.420 e. The first kappa shape index (κ1) is 17.0. The van der Waals surface area contributed by atoms with Crippen molar-refractivity contribution in [1.82, 2.24) is 14.3 Å². The molecule has 1 aliphatic rings. The number of fused-ring (bicyclic) bond motifs is 1. The second-order valence-corrected chi connectivity index (χ2v) is 6.51. The number of carbonyl (C=O) groups excluding carboxylic acids is 1. The van der Waals surface area contributed by atoms with Crippen molar-refractivity contribution in [1.29, 1.82) is 0 Å². The quantitative estimate of drug-likeness (QED) is 0.542. The molecular weight excluding hydrogens is 354 g/mol. The van der Waals surface area contributed by atoms with Crippen molar-refractivity contribution in [3.05, 3.63) is 51.1 Å². The van der Waals surface area contributed by atoms with Gasteiger partial charge in [-0.3, -0.25) is 19.5 Å². The molecule has 0 spiro atoms. The first-order valence-electron chi connectivity index (χ1n) is 8.64. The van der Waals surface area contributed by atoms with Crippen LogP contribution in [0.25, 0.3) is 11.1 Å². The normalized spacial score (nSPS) is 14.7. The molecule has 2 heterocycles. The molecule has 1 aromatic carbocycles. The Hall–Kier alpha value is -3.43. The van der Waals surface area contributed by atoms with Crippen molar-refractivity contribution in [2.45, 2.75) is 38.3 Å². The number of nitro benzene ring substituents is 1. The first-order valence-corrected chi connectivity index (χ1v) is 8.64. The Morgan fingerprint density at radius 1 is 1.33 bits per heavy atom. The number of nitrogens with one attached hydrogen (secondary N) is 1. The van der Waals surface area contributed by atoms with E-state index in [1.54, 1.807) is 12.3 Å². The highest BCUT2D eigenvalue weighted by molar-refractivity contribution is 5.90. The van der Waals surface area contributed by atoms with Gasteiger partial charge in [-0.2, -0.15) is 5.10 Å².